The number of halogens is 1. The molecule has 29 heavy (non-hydrogen) atoms. The Morgan fingerprint density at radius 1 is 0.828 bits per heavy atom. The molecule has 1 aromatic heterocycles. The number of aromatic nitrogens is 2. The highest BCUT2D eigenvalue weighted by Crippen LogP contribution is 2.24. The van der Waals surface area contributed by atoms with Crippen LogP contribution in [0.3, 0.4) is 0 Å². The van der Waals surface area contributed by atoms with Gasteiger partial charge >= 0.3 is 0 Å². The van der Waals surface area contributed by atoms with Crippen LogP contribution in [0, 0.1) is 26.6 Å². The highest BCUT2D eigenvalue weighted by molar-refractivity contribution is 5.61. The Hall–Kier alpha value is -3.15. The van der Waals surface area contributed by atoms with E-state index in [1.807, 2.05) is 25.1 Å². The van der Waals surface area contributed by atoms with Gasteiger partial charge in [-0.25, -0.2) is 9.37 Å². The van der Waals surface area contributed by atoms with E-state index >= 15 is 0 Å². The Morgan fingerprint density at radius 3 is 2.24 bits per heavy atom. The maximum atomic E-state index is 13.2. The summed E-state index contributed by atoms with van der Waals surface area (Å²) < 4.78 is 13.2. The largest absolute Gasteiger partial charge is 0.368 e. The Morgan fingerprint density at radius 2 is 1.52 bits per heavy atom. The minimum atomic E-state index is -0.201. The third kappa shape index (κ3) is 4.47. The smallest absolute Gasteiger partial charge is 0.229 e. The van der Waals surface area contributed by atoms with Crippen LogP contribution in [-0.4, -0.2) is 36.1 Å². The van der Waals surface area contributed by atoms with Gasteiger partial charge in [0.05, 0.1) is 0 Å². The van der Waals surface area contributed by atoms with Crippen molar-refractivity contribution in [2.24, 2.45) is 0 Å². The third-order valence-electron chi connectivity index (χ3n) is 5.28. The van der Waals surface area contributed by atoms with E-state index in [9.17, 15) is 4.39 Å². The second-order valence-electron chi connectivity index (χ2n) is 7.59. The van der Waals surface area contributed by atoms with Gasteiger partial charge in [0.2, 0.25) is 5.95 Å². The Kier molecular flexibility index (Phi) is 5.34. The molecule has 2 aromatic carbocycles. The molecule has 0 spiro atoms. The van der Waals surface area contributed by atoms with Gasteiger partial charge < -0.3 is 15.1 Å². The molecule has 1 saturated heterocycles. The molecule has 150 valence electrons. The molecule has 0 amide bonds. The molecule has 0 bridgehead atoms. The second kappa shape index (κ2) is 8.07. The SMILES string of the molecule is Cc1ccc(C)c(Nc2nc(C)cc(N3CCN(c4ccc(F)cc4)CC3)n2)c1. The molecule has 3 aromatic rings. The van der Waals surface area contributed by atoms with E-state index in [4.69, 9.17) is 4.98 Å². The number of benzene rings is 2. The molecular weight excluding hydrogens is 365 g/mol. The van der Waals surface area contributed by atoms with E-state index in [1.165, 1.54) is 17.7 Å². The van der Waals surface area contributed by atoms with Gasteiger partial charge in [-0.05, 0) is 62.2 Å². The second-order valence-corrected chi connectivity index (χ2v) is 7.59. The van der Waals surface area contributed by atoms with Crippen molar-refractivity contribution in [2.75, 3.05) is 41.3 Å². The van der Waals surface area contributed by atoms with Crippen molar-refractivity contribution in [1.82, 2.24) is 9.97 Å². The zero-order valence-electron chi connectivity index (χ0n) is 17.1. The lowest BCUT2D eigenvalue weighted by Gasteiger charge is -2.36. The summed E-state index contributed by atoms with van der Waals surface area (Å²) >= 11 is 0. The molecule has 6 heteroatoms. The zero-order chi connectivity index (χ0) is 20.4. The van der Waals surface area contributed by atoms with Gasteiger partial charge in [0.15, 0.2) is 0 Å². The Bertz CT molecular complexity index is 995. The number of piperazine rings is 1. The first-order valence-electron chi connectivity index (χ1n) is 9.93. The van der Waals surface area contributed by atoms with Gasteiger partial charge in [0.1, 0.15) is 11.6 Å². The van der Waals surface area contributed by atoms with E-state index in [0.717, 1.165) is 54.6 Å². The van der Waals surface area contributed by atoms with Gasteiger partial charge in [-0.1, -0.05) is 12.1 Å². The minimum absolute atomic E-state index is 0.201. The average Bonchev–Trinajstić information content (AvgIpc) is 2.71. The van der Waals surface area contributed by atoms with Crippen LogP contribution in [0.2, 0.25) is 0 Å². The van der Waals surface area contributed by atoms with Crippen molar-refractivity contribution >= 4 is 23.1 Å². The normalized spacial score (nSPS) is 14.2. The summed E-state index contributed by atoms with van der Waals surface area (Å²) in [6.07, 6.45) is 0. The first-order chi connectivity index (χ1) is 14.0. The number of hydrogen-bond acceptors (Lipinski definition) is 5. The molecule has 0 saturated carbocycles. The predicted octanol–water partition coefficient (Wildman–Crippen LogP) is 4.61. The monoisotopic (exact) mass is 391 g/mol. The first-order valence-corrected chi connectivity index (χ1v) is 9.93. The minimum Gasteiger partial charge on any atom is -0.368 e. The van der Waals surface area contributed by atoms with Crippen molar-refractivity contribution in [3.8, 4) is 0 Å². The summed E-state index contributed by atoms with van der Waals surface area (Å²) in [6.45, 7) is 9.60. The maximum absolute atomic E-state index is 13.2. The molecule has 0 radical (unpaired) electrons. The van der Waals surface area contributed by atoms with Crippen molar-refractivity contribution in [3.05, 3.63) is 71.2 Å². The summed E-state index contributed by atoms with van der Waals surface area (Å²) in [5.41, 5.74) is 5.38. The highest BCUT2D eigenvalue weighted by Gasteiger charge is 2.19. The predicted molar refractivity (Wildman–Crippen MR) is 117 cm³/mol. The number of hydrogen-bond donors (Lipinski definition) is 1. The van der Waals surface area contributed by atoms with Crippen molar-refractivity contribution in [1.29, 1.82) is 0 Å². The molecule has 4 rings (SSSR count). The topological polar surface area (TPSA) is 44.3 Å². The molecule has 1 N–H and O–H groups in total. The number of anilines is 4. The van der Waals surface area contributed by atoms with Crippen LogP contribution < -0.4 is 15.1 Å². The van der Waals surface area contributed by atoms with Crippen LogP contribution in [0.4, 0.5) is 27.5 Å². The summed E-state index contributed by atoms with van der Waals surface area (Å²) in [6, 6.07) is 15.1. The Balaban J connectivity index is 1.48. The number of rotatable bonds is 4. The van der Waals surface area contributed by atoms with E-state index in [1.54, 1.807) is 0 Å². The van der Waals surface area contributed by atoms with Gasteiger partial charge in [-0.2, -0.15) is 4.98 Å². The fraction of sp³-hybridized carbons (Fsp3) is 0.304. The fourth-order valence-corrected chi connectivity index (χ4v) is 3.61. The van der Waals surface area contributed by atoms with Gasteiger partial charge in [0, 0.05) is 49.3 Å². The molecule has 1 fully saturated rings. The summed E-state index contributed by atoms with van der Waals surface area (Å²) in [4.78, 5) is 13.9. The van der Waals surface area contributed by atoms with Crippen molar-refractivity contribution in [3.63, 3.8) is 0 Å². The van der Waals surface area contributed by atoms with Crippen LogP contribution in [0.1, 0.15) is 16.8 Å². The van der Waals surface area contributed by atoms with Gasteiger partial charge in [-0.15, -0.1) is 0 Å². The van der Waals surface area contributed by atoms with Gasteiger partial charge in [0.25, 0.3) is 0 Å². The first kappa shape index (κ1) is 19.2. The van der Waals surface area contributed by atoms with E-state index in [0.29, 0.717) is 5.95 Å². The summed E-state index contributed by atoms with van der Waals surface area (Å²) in [5, 5.41) is 3.38. The van der Waals surface area contributed by atoms with Crippen molar-refractivity contribution in [2.45, 2.75) is 20.8 Å². The number of nitrogens with zero attached hydrogens (tertiary/aromatic N) is 4. The van der Waals surface area contributed by atoms with E-state index in [-0.39, 0.29) is 5.82 Å². The Labute approximate surface area is 171 Å². The molecule has 5 nitrogen and oxygen atoms in total. The van der Waals surface area contributed by atoms with E-state index in [2.05, 4.69) is 52.1 Å². The maximum Gasteiger partial charge on any atom is 0.229 e. The lowest BCUT2D eigenvalue weighted by molar-refractivity contribution is 0.624. The zero-order valence-corrected chi connectivity index (χ0v) is 17.1. The molecular formula is C23H26FN5. The third-order valence-corrected chi connectivity index (χ3v) is 5.28. The van der Waals surface area contributed by atoms with Gasteiger partial charge in [-0.3, -0.25) is 0 Å². The van der Waals surface area contributed by atoms with Crippen LogP contribution in [0.15, 0.2) is 48.5 Å². The van der Waals surface area contributed by atoms with Crippen LogP contribution in [0.25, 0.3) is 0 Å². The molecule has 2 heterocycles. The molecule has 0 aliphatic carbocycles. The summed E-state index contributed by atoms with van der Waals surface area (Å²) in [7, 11) is 0. The summed E-state index contributed by atoms with van der Waals surface area (Å²) in [5.74, 6) is 1.35. The number of nitrogens with one attached hydrogen (secondary N) is 1. The lowest BCUT2D eigenvalue weighted by Crippen LogP contribution is -2.46. The molecule has 0 atom stereocenters. The van der Waals surface area contributed by atoms with Crippen LogP contribution in [0.5, 0.6) is 0 Å². The fourth-order valence-electron chi connectivity index (χ4n) is 3.61. The van der Waals surface area contributed by atoms with Crippen LogP contribution >= 0.6 is 0 Å². The highest BCUT2D eigenvalue weighted by atomic mass is 19.1. The van der Waals surface area contributed by atoms with Crippen LogP contribution in [-0.2, 0) is 0 Å². The molecule has 1 aliphatic rings. The molecule has 1 aliphatic heterocycles. The van der Waals surface area contributed by atoms with E-state index < -0.39 is 0 Å². The quantitative estimate of drug-likeness (QED) is 0.704. The molecule has 0 unspecified atom stereocenters. The average molecular weight is 391 g/mol. The van der Waals surface area contributed by atoms with Crippen molar-refractivity contribution < 1.29 is 4.39 Å². The standard InChI is InChI=1S/C23H26FN5/c1-16-4-5-17(2)21(14-16)26-23-25-18(3)15-22(27-23)29-12-10-28(11-13-29)20-8-6-19(24)7-9-20/h4-9,14-15H,10-13H2,1-3H3,(H,25,26,27). The number of aryl methyl sites for hydroxylation is 3. The lowest BCUT2D eigenvalue weighted by atomic mass is 10.1.